The maximum atomic E-state index is 13.3. The highest BCUT2D eigenvalue weighted by Gasteiger charge is 2.02. The summed E-state index contributed by atoms with van der Waals surface area (Å²) in [6.07, 6.45) is 1.29. The minimum absolute atomic E-state index is 0.226. The van der Waals surface area contributed by atoms with Crippen LogP contribution in [0.15, 0.2) is 53.6 Å². The van der Waals surface area contributed by atoms with Gasteiger partial charge in [-0.25, -0.2) is 9.82 Å². The maximum Gasteiger partial charge on any atom is 0.250 e. The summed E-state index contributed by atoms with van der Waals surface area (Å²) in [5.74, 6) is 1.20. The van der Waals surface area contributed by atoms with Gasteiger partial charge in [-0.1, -0.05) is 30.3 Å². The van der Waals surface area contributed by atoms with Gasteiger partial charge < -0.3 is 4.74 Å². The van der Waals surface area contributed by atoms with E-state index in [0.29, 0.717) is 11.3 Å². The smallest absolute Gasteiger partial charge is 0.250 e. The van der Waals surface area contributed by atoms with E-state index in [0.717, 1.165) is 11.3 Å². The van der Waals surface area contributed by atoms with Gasteiger partial charge in [0.15, 0.2) is 0 Å². The summed E-state index contributed by atoms with van der Waals surface area (Å²) in [5.41, 5.74) is 3.83. The van der Waals surface area contributed by atoms with Crippen LogP contribution in [0.5, 0.6) is 5.75 Å². The molecule has 1 amide bonds. The number of halogens is 1. The van der Waals surface area contributed by atoms with E-state index in [1.54, 1.807) is 25.3 Å². The summed E-state index contributed by atoms with van der Waals surface area (Å²) in [4.78, 5) is 11.6. The first-order valence-corrected chi connectivity index (χ1v) is 8.11. The molecule has 1 N–H and O–H groups in total. The van der Waals surface area contributed by atoms with Crippen LogP contribution in [0.1, 0.15) is 11.1 Å². The molecule has 0 aromatic heterocycles. The van der Waals surface area contributed by atoms with Gasteiger partial charge in [0.2, 0.25) is 5.91 Å². The Kier molecular flexibility index (Phi) is 6.62. The summed E-state index contributed by atoms with van der Waals surface area (Å²) >= 11 is 1.48. The largest absolute Gasteiger partial charge is 0.497 e. The topological polar surface area (TPSA) is 50.7 Å². The molecule has 0 fully saturated rings. The van der Waals surface area contributed by atoms with Gasteiger partial charge in [-0.2, -0.15) is 5.10 Å². The van der Waals surface area contributed by atoms with Crippen LogP contribution in [0.4, 0.5) is 4.39 Å². The van der Waals surface area contributed by atoms with Gasteiger partial charge in [0.25, 0.3) is 0 Å². The van der Waals surface area contributed by atoms with E-state index in [9.17, 15) is 9.18 Å². The Morgan fingerprint density at radius 1 is 1.26 bits per heavy atom. The van der Waals surface area contributed by atoms with Crippen molar-refractivity contribution in [1.29, 1.82) is 0 Å². The molecule has 0 unspecified atom stereocenters. The predicted octanol–water partition coefficient (Wildman–Crippen LogP) is 3.22. The van der Waals surface area contributed by atoms with Crippen molar-refractivity contribution in [1.82, 2.24) is 5.43 Å². The summed E-state index contributed by atoms with van der Waals surface area (Å²) in [6, 6.07) is 13.9. The van der Waals surface area contributed by atoms with Crippen LogP contribution in [-0.2, 0) is 10.5 Å². The highest BCUT2D eigenvalue weighted by molar-refractivity contribution is 7.99. The average Bonchev–Trinajstić information content (AvgIpc) is 2.57. The molecule has 120 valence electrons. The van der Waals surface area contributed by atoms with E-state index in [1.165, 1.54) is 24.0 Å². The SMILES string of the molecule is COc1ccc(CSCC(=O)N/N=C\c2ccccc2F)cc1. The van der Waals surface area contributed by atoms with Crippen molar-refractivity contribution in [2.24, 2.45) is 5.10 Å². The average molecular weight is 332 g/mol. The van der Waals surface area contributed by atoms with Crippen LogP contribution >= 0.6 is 11.8 Å². The molecule has 6 heteroatoms. The van der Waals surface area contributed by atoms with Gasteiger partial charge in [-0.05, 0) is 23.8 Å². The molecule has 2 rings (SSSR count). The summed E-state index contributed by atoms with van der Waals surface area (Å²) < 4.78 is 18.4. The van der Waals surface area contributed by atoms with E-state index in [4.69, 9.17) is 4.74 Å². The van der Waals surface area contributed by atoms with E-state index >= 15 is 0 Å². The van der Waals surface area contributed by atoms with Crippen LogP contribution < -0.4 is 10.2 Å². The molecule has 0 heterocycles. The summed E-state index contributed by atoms with van der Waals surface area (Å²) in [7, 11) is 1.62. The highest BCUT2D eigenvalue weighted by atomic mass is 32.2. The van der Waals surface area contributed by atoms with Crippen LogP contribution in [0.2, 0.25) is 0 Å². The molecule has 4 nitrogen and oxygen atoms in total. The fourth-order valence-corrected chi connectivity index (χ4v) is 2.55. The second-order valence-electron chi connectivity index (χ2n) is 4.66. The molecule has 0 saturated heterocycles. The van der Waals surface area contributed by atoms with Crippen LogP contribution in [0.25, 0.3) is 0 Å². The van der Waals surface area contributed by atoms with Crippen LogP contribution in [-0.4, -0.2) is 25.0 Å². The van der Waals surface area contributed by atoms with E-state index in [-0.39, 0.29) is 17.5 Å². The van der Waals surface area contributed by atoms with Crippen molar-refractivity contribution < 1.29 is 13.9 Å². The quantitative estimate of drug-likeness (QED) is 0.626. The Bertz CT molecular complexity index is 675. The van der Waals surface area contributed by atoms with Gasteiger partial charge in [0.05, 0.1) is 19.1 Å². The molecule has 0 atom stereocenters. The Morgan fingerprint density at radius 3 is 2.70 bits per heavy atom. The zero-order chi connectivity index (χ0) is 16.5. The van der Waals surface area contributed by atoms with Crippen molar-refractivity contribution in [3.63, 3.8) is 0 Å². The van der Waals surface area contributed by atoms with Gasteiger partial charge in [-0.3, -0.25) is 4.79 Å². The Morgan fingerprint density at radius 2 is 2.00 bits per heavy atom. The van der Waals surface area contributed by atoms with E-state index in [1.807, 2.05) is 24.3 Å². The first-order chi connectivity index (χ1) is 11.2. The van der Waals surface area contributed by atoms with Crippen molar-refractivity contribution >= 4 is 23.9 Å². The third-order valence-corrected chi connectivity index (χ3v) is 3.96. The minimum atomic E-state index is -0.376. The molecule has 2 aromatic carbocycles. The van der Waals surface area contributed by atoms with Gasteiger partial charge in [0, 0.05) is 11.3 Å². The van der Waals surface area contributed by atoms with Crippen molar-refractivity contribution in [2.45, 2.75) is 5.75 Å². The Balaban J connectivity index is 1.71. The molecule has 0 aliphatic heterocycles. The molecule has 0 saturated carbocycles. The normalized spacial score (nSPS) is 10.7. The predicted molar refractivity (Wildman–Crippen MR) is 91.3 cm³/mol. The number of hydrazone groups is 1. The number of thioether (sulfide) groups is 1. The first kappa shape index (κ1) is 17.0. The van der Waals surface area contributed by atoms with Gasteiger partial charge >= 0.3 is 0 Å². The lowest BCUT2D eigenvalue weighted by Crippen LogP contribution is -2.19. The highest BCUT2D eigenvalue weighted by Crippen LogP contribution is 2.16. The Labute approximate surface area is 138 Å². The number of benzene rings is 2. The van der Waals surface area contributed by atoms with Crippen molar-refractivity contribution in [3.05, 3.63) is 65.5 Å². The number of ether oxygens (including phenoxy) is 1. The van der Waals surface area contributed by atoms with Crippen LogP contribution in [0, 0.1) is 5.82 Å². The number of carbonyl (C=O) groups excluding carboxylic acids is 1. The zero-order valence-electron chi connectivity index (χ0n) is 12.7. The van der Waals surface area contributed by atoms with Crippen molar-refractivity contribution in [2.75, 3.05) is 12.9 Å². The standard InChI is InChI=1S/C17H17FN2O2S/c1-22-15-8-6-13(7-9-15)11-23-12-17(21)20-19-10-14-4-2-3-5-16(14)18/h2-10H,11-12H2,1H3,(H,20,21)/b19-10-. The number of hydrogen-bond acceptors (Lipinski definition) is 4. The maximum absolute atomic E-state index is 13.3. The minimum Gasteiger partial charge on any atom is -0.497 e. The zero-order valence-corrected chi connectivity index (χ0v) is 13.5. The van der Waals surface area contributed by atoms with Gasteiger partial charge in [-0.15, -0.1) is 11.8 Å². The molecular weight excluding hydrogens is 315 g/mol. The molecule has 23 heavy (non-hydrogen) atoms. The number of rotatable bonds is 7. The van der Waals surface area contributed by atoms with E-state index < -0.39 is 0 Å². The number of hydrogen-bond donors (Lipinski definition) is 1. The molecule has 0 radical (unpaired) electrons. The monoisotopic (exact) mass is 332 g/mol. The molecular formula is C17H17FN2O2S. The van der Waals surface area contributed by atoms with Gasteiger partial charge in [0.1, 0.15) is 11.6 Å². The lowest BCUT2D eigenvalue weighted by atomic mass is 10.2. The molecule has 0 bridgehead atoms. The summed E-state index contributed by atoms with van der Waals surface area (Å²) in [6.45, 7) is 0. The molecule has 0 spiro atoms. The lowest BCUT2D eigenvalue weighted by Gasteiger charge is -2.03. The fraction of sp³-hybridized carbons (Fsp3) is 0.176. The third-order valence-electron chi connectivity index (χ3n) is 2.96. The number of nitrogens with one attached hydrogen (secondary N) is 1. The van der Waals surface area contributed by atoms with E-state index in [2.05, 4.69) is 10.5 Å². The summed E-state index contributed by atoms with van der Waals surface area (Å²) in [5, 5.41) is 3.76. The third kappa shape index (κ3) is 5.75. The molecule has 0 aliphatic carbocycles. The fourth-order valence-electron chi connectivity index (χ4n) is 1.77. The molecule has 0 aliphatic rings. The molecule has 2 aromatic rings. The number of nitrogens with zero attached hydrogens (tertiary/aromatic N) is 1. The second-order valence-corrected chi connectivity index (χ2v) is 5.64. The number of methoxy groups -OCH3 is 1. The first-order valence-electron chi connectivity index (χ1n) is 6.96. The lowest BCUT2D eigenvalue weighted by molar-refractivity contribution is -0.118. The van der Waals surface area contributed by atoms with Crippen LogP contribution in [0.3, 0.4) is 0 Å². The Hall–Kier alpha value is -2.34. The number of carbonyl (C=O) groups is 1. The number of amides is 1. The van der Waals surface area contributed by atoms with Crippen molar-refractivity contribution in [3.8, 4) is 5.75 Å². The second kappa shape index (κ2) is 8.95.